The standard InChI is InChI=1S/C12H16O2/c1-3-9(2)11-6-4-10(5-7-11)8-12(13)14/h4-7,9H,3,8H2,1-2H3,(H,13,14)/p-1. The van der Waals surface area contributed by atoms with Crippen molar-refractivity contribution in [2.45, 2.75) is 32.6 Å². The van der Waals surface area contributed by atoms with Crippen LogP contribution >= 0.6 is 0 Å². The van der Waals surface area contributed by atoms with Gasteiger partial charge in [-0.05, 0) is 23.5 Å². The van der Waals surface area contributed by atoms with Crippen LogP contribution in [-0.2, 0) is 11.2 Å². The summed E-state index contributed by atoms with van der Waals surface area (Å²) >= 11 is 0. The van der Waals surface area contributed by atoms with E-state index in [1.165, 1.54) is 5.56 Å². The van der Waals surface area contributed by atoms with E-state index in [2.05, 4.69) is 13.8 Å². The number of benzene rings is 1. The Kier molecular flexibility index (Phi) is 3.69. The number of hydrogen-bond donors (Lipinski definition) is 0. The van der Waals surface area contributed by atoms with Crippen molar-refractivity contribution in [3.05, 3.63) is 35.4 Å². The first-order valence-electron chi connectivity index (χ1n) is 4.92. The first kappa shape index (κ1) is 10.8. The summed E-state index contributed by atoms with van der Waals surface area (Å²) in [5.74, 6) is -0.492. The van der Waals surface area contributed by atoms with Gasteiger partial charge < -0.3 is 9.90 Å². The quantitative estimate of drug-likeness (QED) is 0.723. The van der Waals surface area contributed by atoms with E-state index in [4.69, 9.17) is 0 Å². The van der Waals surface area contributed by atoms with Crippen molar-refractivity contribution in [1.29, 1.82) is 0 Å². The molecule has 0 bridgehead atoms. The largest absolute Gasteiger partial charge is 0.550 e. The molecule has 76 valence electrons. The summed E-state index contributed by atoms with van der Waals surface area (Å²) in [6.07, 6.45) is 1.10. The third kappa shape index (κ3) is 2.87. The van der Waals surface area contributed by atoms with Crippen molar-refractivity contribution < 1.29 is 9.90 Å². The van der Waals surface area contributed by atoms with Crippen LogP contribution in [0.4, 0.5) is 0 Å². The highest BCUT2D eigenvalue weighted by Gasteiger charge is 2.02. The number of rotatable bonds is 4. The molecule has 0 heterocycles. The molecule has 0 fully saturated rings. The lowest BCUT2D eigenvalue weighted by molar-refractivity contribution is -0.304. The van der Waals surface area contributed by atoms with Crippen LogP contribution < -0.4 is 5.11 Å². The monoisotopic (exact) mass is 191 g/mol. The van der Waals surface area contributed by atoms with E-state index in [1.807, 2.05) is 24.3 Å². The lowest BCUT2D eigenvalue weighted by atomic mass is 9.97. The van der Waals surface area contributed by atoms with Gasteiger partial charge in [0.25, 0.3) is 0 Å². The fourth-order valence-electron chi connectivity index (χ4n) is 1.37. The van der Waals surface area contributed by atoms with Crippen molar-refractivity contribution >= 4 is 5.97 Å². The van der Waals surface area contributed by atoms with Crippen LogP contribution in [0.1, 0.15) is 37.3 Å². The van der Waals surface area contributed by atoms with Crippen molar-refractivity contribution in [2.24, 2.45) is 0 Å². The lowest BCUT2D eigenvalue weighted by Crippen LogP contribution is -2.24. The zero-order chi connectivity index (χ0) is 10.6. The van der Waals surface area contributed by atoms with Crippen LogP contribution in [0.15, 0.2) is 24.3 Å². The number of carboxylic acids is 1. The molecule has 1 aromatic rings. The predicted molar refractivity (Wildman–Crippen MR) is 53.9 cm³/mol. The number of aliphatic carboxylic acids is 1. The highest BCUT2D eigenvalue weighted by Crippen LogP contribution is 2.18. The van der Waals surface area contributed by atoms with Gasteiger partial charge >= 0.3 is 0 Å². The smallest absolute Gasteiger partial charge is 0.0458 e. The minimum atomic E-state index is -1.03. The molecule has 0 saturated carbocycles. The number of carbonyl (C=O) groups is 1. The van der Waals surface area contributed by atoms with E-state index < -0.39 is 5.97 Å². The number of carboxylic acid groups (broad SMARTS) is 1. The Hall–Kier alpha value is -1.31. The summed E-state index contributed by atoms with van der Waals surface area (Å²) in [6.45, 7) is 4.30. The third-order valence-electron chi connectivity index (χ3n) is 2.51. The Morgan fingerprint density at radius 3 is 2.36 bits per heavy atom. The Labute approximate surface area is 84.6 Å². The third-order valence-corrected chi connectivity index (χ3v) is 2.51. The molecule has 1 atom stereocenters. The molecule has 0 spiro atoms. The van der Waals surface area contributed by atoms with Crippen LogP contribution in [0.25, 0.3) is 0 Å². The van der Waals surface area contributed by atoms with E-state index in [0.717, 1.165) is 12.0 Å². The molecule has 1 aromatic carbocycles. The second kappa shape index (κ2) is 4.80. The van der Waals surface area contributed by atoms with Crippen LogP contribution in [0.2, 0.25) is 0 Å². The molecule has 0 N–H and O–H groups in total. The van der Waals surface area contributed by atoms with Crippen molar-refractivity contribution in [3.8, 4) is 0 Å². The molecule has 2 nitrogen and oxygen atoms in total. The van der Waals surface area contributed by atoms with Crippen LogP contribution in [0.5, 0.6) is 0 Å². The minimum Gasteiger partial charge on any atom is -0.550 e. The molecule has 0 saturated heterocycles. The van der Waals surface area contributed by atoms with Crippen molar-refractivity contribution in [3.63, 3.8) is 0 Å². The van der Waals surface area contributed by atoms with E-state index in [1.54, 1.807) is 0 Å². The molecule has 14 heavy (non-hydrogen) atoms. The molecule has 1 rings (SSSR count). The molecule has 0 aliphatic heterocycles. The van der Waals surface area contributed by atoms with Gasteiger partial charge in [-0.3, -0.25) is 0 Å². The van der Waals surface area contributed by atoms with E-state index in [0.29, 0.717) is 5.92 Å². The lowest BCUT2D eigenvalue weighted by Gasteiger charge is -2.09. The van der Waals surface area contributed by atoms with Gasteiger partial charge in [0.2, 0.25) is 0 Å². The van der Waals surface area contributed by atoms with Crippen molar-refractivity contribution in [2.75, 3.05) is 0 Å². The summed E-state index contributed by atoms with van der Waals surface area (Å²) in [5.41, 5.74) is 2.06. The second-order valence-electron chi connectivity index (χ2n) is 3.60. The van der Waals surface area contributed by atoms with Crippen molar-refractivity contribution in [1.82, 2.24) is 0 Å². The SMILES string of the molecule is CCC(C)c1ccc(CC(=O)[O-])cc1. The van der Waals surface area contributed by atoms with E-state index >= 15 is 0 Å². The van der Waals surface area contributed by atoms with Gasteiger partial charge in [-0.25, -0.2) is 0 Å². The van der Waals surface area contributed by atoms with E-state index in [-0.39, 0.29) is 6.42 Å². The topological polar surface area (TPSA) is 40.1 Å². The number of carbonyl (C=O) groups excluding carboxylic acids is 1. The minimum absolute atomic E-state index is 0.000780. The highest BCUT2D eigenvalue weighted by molar-refractivity contribution is 5.67. The average molecular weight is 191 g/mol. The molecule has 0 aromatic heterocycles. The van der Waals surface area contributed by atoms with Gasteiger partial charge in [-0.2, -0.15) is 0 Å². The second-order valence-corrected chi connectivity index (χ2v) is 3.60. The van der Waals surface area contributed by atoms with E-state index in [9.17, 15) is 9.90 Å². The van der Waals surface area contributed by atoms with Gasteiger partial charge in [0.1, 0.15) is 0 Å². The van der Waals surface area contributed by atoms with Gasteiger partial charge in [-0.15, -0.1) is 0 Å². The fourth-order valence-corrected chi connectivity index (χ4v) is 1.37. The Morgan fingerprint density at radius 1 is 1.36 bits per heavy atom. The van der Waals surface area contributed by atoms with Crippen LogP contribution in [0.3, 0.4) is 0 Å². The number of hydrogen-bond acceptors (Lipinski definition) is 2. The maximum absolute atomic E-state index is 10.3. The zero-order valence-electron chi connectivity index (χ0n) is 8.62. The molecule has 0 aliphatic carbocycles. The van der Waals surface area contributed by atoms with Gasteiger partial charge in [-0.1, -0.05) is 38.1 Å². The maximum atomic E-state index is 10.3. The first-order valence-corrected chi connectivity index (χ1v) is 4.92. The summed E-state index contributed by atoms with van der Waals surface area (Å²) in [6, 6.07) is 7.70. The molecule has 2 heteroatoms. The molecule has 1 unspecified atom stereocenters. The summed E-state index contributed by atoms with van der Waals surface area (Å²) in [5, 5.41) is 10.3. The zero-order valence-corrected chi connectivity index (χ0v) is 8.62. The molecular weight excluding hydrogens is 176 g/mol. The molecule has 0 aliphatic rings. The van der Waals surface area contributed by atoms with Gasteiger partial charge in [0, 0.05) is 12.4 Å². The fraction of sp³-hybridized carbons (Fsp3) is 0.417. The Balaban J connectivity index is 2.73. The Morgan fingerprint density at radius 2 is 1.93 bits per heavy atom. The highest BCUT2D eigenvalue weighted by atomic mass is 16.4. The molecular formula is C12H15O2-. The van der Waals surface area contributed by atoms with Crippen LogP contribution in [-0.4, -0.2) is 5.97 Å². The van der Waals surface area contributed by atoms with Gasteiger partial charge in [0.15, 0.2) is 0 Å². The summed E-state index contributed by atoms with van der Waals surface area (Å²) in [4.78, 5) is 10.3. The van der Waals surface area contributed by atoms with Crippen LogP contribution in [0, 0.1) is 0 Å². The molecule has 0 radical (unpaired) electrons. The molecule has 0 amide bonds. The maximum Gasteiger partial charge on any atom is 0.0458 e. The first-order chi connectivity index (χ1) is 6.63. The summed E-state index contributed by atoms with van der Waals surface area (Å²) < 4.78 is 0. The normalized spacial score (nSPS) is 12.4. The van der Waals surface area contributed by atoms with Gasteiger partial charge in [0.05, 0.1) is 0 Å². The summed E-state index contributed by atoms with van der Waals surface area (Å²) in [7, 11) is 0. The predicted octanol–water partition coefficient (Wildman–Crippen LogP) is 1.49. The average Bonchev–Trinajstić information content (AvgIpc) is 2.17. The Bertz CT molecular complexity index is 301.